The van der Waals surface area contributed by atoms with Gasteiger partial charge in [-0.15, -0.1) is 0 Å². The number of aromatic nitrogens is 2. The minimum atomic E-state index is -0.0849. The van der Waals surface area contributed by atoms with E-state index in [-0.39, 0.29) is 17.9 Å². The minimum Gasteiger partial charge on any atom is -0.378 e. The van der Waals surface area contributed by atoms with Crippen molar-refractivity contribution in [3.63, 3.8) is 0 Å². The summed E-state index contributed by atoms with van der Waals surface area (Å²) in [6, 6.07) is 0.121. The maximum Gasteiger partial charge on any atom is 0.232 e. The third-order valence-corrected chi connectivity index (χ3v) is 3.96. The Bertz CT molecular complexity index is 511. The molecule has 0 radical (unpaired) electrons. The molecule has 104 valence electrons. The van der Waals surface area contributed by atoms with Gasteiger partial charge in [-0.3, -0.25) is 9.48 Å². The van der Waals surface area contributed by atoms with E-state index in [0.717, 1.165) is 30.2 Å². The molecule has 1 amide bonds. The van der Waals surface area contributed by atoms with E-state index < -0.39 is 0 Å². The number of ether oxygens (including phenoxy) is 1. The van der Waals surface area contributed by atoms with E-state index in [9.17, 15) is 4.79 Å². The summed E-state index contributed by atoms with van der Waals surface area (Å²) in [5.41, 5.74) is 1.73. The number of nitrogens with zero attached hydrogens (tertiary/aromatic N) is 3. The van der Waals surface area contributed by atoms with Crippen LogP contribution < -0.4 is 10.2 Å². The first-order valence-corrected chi connectivity index (χ1v) is 6.82. The highest BCUT2D eigenvalue weighted by Gasteiger charge is 2.42. The Labute approximate surface area is 112 Å². The fraction of sp³-hybridized carbons (Fsp3) is 0.692. The van der Waals surface area contributed by atoms with E-state index in [1.807, 2.05) is 18.7 Å². The zero-order chi connectivity index (χ0) is 13.6. The van der Waals surface area contributed by atoms with Crippen LogP contribution in [-0.4, -0.2) is 41.5 Å². The molecule has 6 nitrogen and oxygen atoms in total. The number of nitrogens with one attached hydrogen (secondary N) is 1. The molecule has 2 unspecified atom stereocenters. The molecule has 1 saturated heterocycles. The van der Waals surface area contributed by atoms with Crippen molar-refractivity contribution in [3.05, 3.63) is 5.69 Å². The van der Waals surface area contributed by atoms with Crippen LogP contribution in [0, 0.1) is 12.8 Å². The van der Waals surface area contributed by atoms with Crippen LogP contribution in [0.4, 0.5) is 11.5 Å². The van der Waals surface area contributed by atoms with E-state index >= 15 is 0 Å². The molecule has 0 saturated carbocycles. The number of amides is 1. The standard InChI is InChI=1S/C13H20N4O2/c1-4-5-17-10-7-19-6-9(10)12(18)14-11-8(2)15-16(3)13(11)17/h9-10H,4-7H2,1-3H3,(H,14,18). The molecule has 1 aromatic heterocycles. The van der Waals surface area contributed by atoms with E-state index in [1.54, 1.807) is 0 Å². The van der Waals surface area contributed by atoms with Crippen molar-refractivity contribution in [1.29, 1.82) is 0 Å². The van der Waals surface area contributed by atoms with Gasteiger partial charge in [-0.25, -0.2) is 0 Å². The molecule has 0 aromatic carbocycles. The summed E-state index contributed by atoms with van der Waals surface area (Å²) >= 11 is 0. The van der Waals surface area contributed by atoms with Crippen LogP contribution in [0.5, 0.6) is 0 Å². The van der Waals surface area contributed by atoms with E-state index in [4.69, 9.17) is 4.74 Å². The van der Waals surface area contributed by atoms with Gasteiger partial charge < -0.3 is 15.0 Å². The molecule has 3 rings (SSSR count). The third-order valence-electron chi connectivity index (χ3n) is 3.96. The van der Waals surface area contributed by atoms with Gasteiger partial charge in [0.2, 0.25) is 5.91 Å². The molecule has 0 spiro atoms. The first-order chi connectivity index (χ1) is 9.13. The highest BCUT2D eigenvalue weighted by molar-refractivity contribution is 5.98. The zero-order valence-electron chi connectivity index (χ0n) is 11.6. The Hall–Kier alpha value is -1.56. The number of fused-ring (bicyclic) bond motifs is 2. The van der Waals surface area contributed by atoms with Crippen LogP contribution in [0.15, 0.2) is 0 Å². The van der Waals surface area contributed by atoms with Crippen LogP contribution in [0.1, 0.15) is 19.0 Å². The average molecular weight is 264 g/mol. The molecule has 0 bridgehead atoms. The summed E-state index contributed by atoms with van der Waals surface area (Å²) in [6.07, 6.45) is 1.03. The number of carbonyl (C=O) groups excluding carboxylic acids is 1. The van der Waals surface area contributed by atoms with E-state index in [2.05, 4.69) is 22.2 Å². The Morgan fingerprint density at radius 1 is 1.47 bits per heavy atom. The predicted molar refractivity (Wildman–Crippen MR) is 72.3 cm³/mol. The monoisotopic (exact) mass is 264 g/mol. The number of aryl methyl sites for hydroxylation is 2. The molecular weight excluding hydrogens is 244 g/mol. The number of rotatable bonds is 2. The Morgan fingerprint density at radius 3 is 3.00 bits per heavy atom. The first-order valence-electron chi connectivity index (χ1n) is 6.82. The van der Waals surface area contributed by atoms with Crippen LogP contribution in [-0.2, 0) is 16.6 Å². The maximum absolute atomic E-state index is 12.3. The molecule has 6 heteroatoms. The highest BCUT2D eigenvalue weighted by atomic mass is 16.5. The van der Waals surface area contributed by atoms with E-state index in [0.29, 0.717) is 13.2 Å². The fourth-order valence-electron chi connectivity index (χ4n) is 3.11. The summed E-state index contributed by atoms with van der Waals surface area (Å²) in [4.78, 5) is 14.6. The molecule has 1 aromatic rings. The molecule has 0 aliphatic carbocycles. The largest absolute Gasteiger partial charge is 0.378 e. The molecule has 1 N–H and O–H groups in total. The van der Waals surface area contributed by atoms with E-state index in [1.165, 1.54) is 0 Å². The molecule has 2 aliphatic rings. The van der Waals surface area contributed by atoms with Crippen LogP contribution in [0.25, 0.3) is 0 Å². The maximum atomic E-state index is 12.3. The van der Waals surface area contributed by atoms with Gasteiger partial charge in [0.05, 0.1) is 30.9 Å². The van der Waals surface area contributed by atoms with Crippen molar-refractivity contribution in [2.75, 3.05) is 30.0 Å². The summed E-state index contributed by atoms with van der Waals surface area (Å²) in [7, 11) is 1.93. The quantitative estimate of drug-likeness (QED) is 0.862. The van der Waals surface area contributed by atoms with Gasteiger partial charge in [-0.1, -0.05) is 6.92 Å². The smallest absolute Gasteiger partial charge is 0.232 e. The summed E-state index contributed by atoms with van der Waals surface area (Å²) in [5.74, 6) is 0.975. The lowest BCUT2D eigenvalue weighted by atomic mass is 10.0. The van der Waals surface area contributed by atoms with Crippen molar-refractivity contribution in [1.82, 2.24) is 9.78 Å². The minimum absolute atomic E-state index is 0.0541. The van der Waals surface area contributed by atoms with Gasteiger partial charge >= 0.3 is 0 Å². The Morgan fingerprint density at radius 2 is 2.26 bits per heavy atom. The number of anilines is 2. The van der Waals surface area contributed by atoms with Gasteiger partial charge in [0, 0.05) is 13.6 Å². The van der Waals surface area contributed by atoms with Gasteiger partial charge in [-0.05, 0) is 13.3 Å². The SMILES string of the molecule is CCCN1c2c(c(C)nn2C)NC(=O)C2COCC21. The summed E-state index contributed by atoms with van der Waals surface area (Å²) in [6.45, 7) is 6.11. The fourth-order valence-corrected chi connectivity index (χ4v) is 3.11. The van der Waals surface area contributed by atoms with Crippen LogP contribution in [0.3, 0.4) is 0 Å². The molecule has 2 aliphatic heterocycles. The highest BCUT2D eigenvalue weighted by Crippen LogP contribution is 2.37. The number of hydrogen-bond acceptors (Lipinski definition) is 4. The first kappa shape index (κ1) is 12.5. The second kappa shape index (κ2) is 4.52. The second-order valence-corrected chi connectivity index (χ2v) is 5.30. The van der Waals surface area contributed by atoms with Crippen molar-refractivity contribution >= 4 is 17.4 Å². The van der Waals surface area contributed by atoms with Crippen molar-refractivity contribution in [3.8, 4) is 0 Å². The molecule has 19 heavy (non-hydrogen) atoms. The van der Waals surface area contributed by atoms with Gasteiger partial charge in [0.15, 0.2) is 5.82 Å². The normalized spacial score (nSPS) is 25.8. The van der Waals surface area contributed by atoms with Crippen LogP contribution in [0.2, 0.25) is 0 Å². The predicted octanol–water partition coefficient (Wildman–Crippen LogP) is 0.912. The Balaban J connectivity index is 2.11. The summed E-state index contributed by atoms with van der Waals surface area (Å²) in [5, 5.41) is 7.46. The second-order valence-electron chi connectivity index (χ2n) is 5.30. The summed E-state index contributed by atoms with van der Waals surface area (Å²) < 4.78 is 7.39. The lowest BCUT2D eigenvalue weighted by Crippen LogP contribution is -2.43. The molecule has 2 atom stereocenters. The topological polar surface area (TPSA) is 59.4 Å². The van der Waals surface area contributed by atoms with Gasteiger partial charge in [-0.2, -0.15) is 5.10 Å². The van der Waals surface area contributed by atoms with Gasteiger partial charge in [0.1, 0.15) is 5.69 Å². The van der Waals surface area contributed by atoms with Gasteiger partial charge in [0.25, 0.3) is 0 Å². The van der Waals surface area contributed by atoms with Crippen molar-refractivity contribution in [2.24, 2.45) is 13.0 Å². The Kier molecular flexibility index (Phi) is 2.97. The number of hydrogen-bond donors (Lipinski definition) is 1. The third kappa shape index (κ3) is 1.82. The van der Waals surface area contributed by atoms with Crippen molar-refractivity contribution < 1.29 is 9.53 Å². The lowest BCUT2D eigenvalue weighted by Gasteiger charge is -2.30. The van der Waals surface area contributed by atoms with Crippen molar-refractivity contribution in [2.45, 2.75) is 26.3 Å². The molecule has 3 heterocycles. The molecular formula is C13H20N4O2. The van der Waals surface area contributed by atoms with Crippen LogP contribution >= 0.6 is 0 Å². The zero-order valence-corrected chi connectivity index (χ0v) is 11.6. The molecule has 1 fully saturated rings. The lowest BCUT2D eigenvalue weighted by molar-refractivity contribution is -0.120. The number of carbonyl (C=O) groups is 1. The average Bonchev–Trinajstić information content (AvgIpc) is 2.91.